The number of aliphatic hydroxyl groups excluding tert-OH is 1. The van der Waals surface area contributed by atoms with E-state index in [0.717, 1.165) is 12.8 Å². The van der Waals surface area contributed by atoms with Gasteiger partial charge < -0.3 is 25.0 Å². The van der Waals surface area contributed by atoms with Gasteiger partial charge in [0, 0.05) is 42.0 Å². The smallest absolute Gasteiger partial charge is 0.253 e. The molecule has 1 aromatic carbocycles. The van der Waals surface area contributed by atoms with Gasteiger partial charge in [-0.25, -0.2) is 4.39 Å². The lowest BCUT2D eigenvalue weighted by molar-refractivity contribution is -0.140. The number of hydrogen-bond donors (Lipinski definition) is 3. The molecule has 2 amide bonds. The van der Waals surface area contributed by atoms with Crippen LogP contribution in [0.5, 0.6) is 5.75 Å². The number of fused-ring (bicyclic) bond motifs is 1. The fraction of sp³-hybridized carbons (Fsp3) is 0.444. The van der Waals surface area contributed by atoms with Crippen molar-refractivity contribution in [3.63, 3.8) is 0 Å². The lowest BCUT2D eigenvalue weighted by atomic mass is 10.0. The highest BCUT2D eigenvalue weighted by Gasteiger charge is 2.28. The minimum absolute atomic E-state index is 0.0770. The van der Waals surface area contributed by atoms with Crippen molar-refractivity contribution in [3.8, 4) is 17.0 Å². The average Bonchev–Trinajstić information content (AvgIpc) is 3.62. The van der Waals surface area contributed by atoms with Gasteiger partial charge in [0.2, 0.25) is 0 Å². The van der Waals surface area contributed by atoms with Crippen LogP contribution in [0.15, 0.2) is 30.5 Å². The Morgan fingerprint density at radius 3 is 2.69 bits per heavy atom. The van der Waals surface area contributed by atoms with E-state index in [-0.39, 0.29) is 23.7 Å². The average molecular weight is 495 g/mol. The fourth-order valence-electron chi connectivity index (χ4n) is 4.82. The second kappa shape index (κ2) is 9.89. The molecule has 0 radical (unpaired) electrons. The van der Waals surface area contributed by atoms with Crippen LogP contribution in [0.3, 0.4) is 0 Å². The summed E-state index contributed by atoms with van der Waals surface area (Å²) in [4.78, 5) is 34.8. The Labute approximate surface area is 208 Å². The van der Waals surface area contributed by atoms with Crippen LogP contribution in [0.2, 0.25) is 0 Å². The van der Waals surface area contributed by atoms with Gasteiger partial charge in [0.1, 0.15) is 17.7 Å². The van der Waals surface area contributed by atoms with Crippen LogP contribution in [0, 0.1) is 18.7 Å². The first kappa shape index (κ1) is 24.2. The van der Waals surface area contributed by atoms with E-state index < -0.39 is 6.10 Å². The Morgan fingerprint density at radius 2 is 2.00 bits per heavy atom. The summed E-state index contributed by atoms with van der Waals surface area (Å²) in [6.45, 7) is 4.86. The van der Waals surface area contributed by atoms with E-state index in [1.54, 1.807) is 23.2 Å². The summed E-state index contributed by atoms with van der Waals surface area (Å²) >= 11 is 0. The lowest BCUT2D eigenvalue weighted by Gasteiger charge is -2.33. The Morgan fingerprint density at radius 1 is 1.25 bits per heavy atom. The molecule has 3 N–H and O–H groups in total. The maximum absolute atomic E-state index is 14.2. The van der Waals surface area contributed by atoms with E-state index in [1.807, 2.05) is 6.92 Å². The Hall–Kier alpha value is -3.46. The quantitative estimate of drug-likeness (QED) is 0.466. The van der Waals surface area contributed by atoms with Gasteiger partial charge in [0.05, 0.1) is 23.4 Å². The minimum Gasteiger partial charge on any atom is -0.493 e. The van der Waals surface area contributed by atoms with E-state index in [4.69, 9.17) is 4.74 Å². The molecule has 1 atom stereocenters. The molecule has 0 bridgehead atoms. The topological polar surface area (TPSA) is 108 Å². The van der Waals surface area contributed by atoms with Gasteiger partial charge in [-0.1, -0.05) is 0 Å². The maximum Gasteiger partial charge on any atom is 0.253 e. The van der Waals surface area contributed by atoms with E-state index >= 15 is 0 Å². The van der Waals surface area contributed by atoms with Crippen molar-refractivity contribution >= 4 is 22.7 Å². The molecule has 2 aliphatic rings. The number of carbonyl (C=O) groups is 2. The molecule has 1 aliphatic heterocycles. The number of carbonyl (C=O) groups excluding carboxylic acids is 2. The number of aromatic nitrogens is 2. The second-order valence-corrected chi connectivity index (χ2v) is 9.85. The van der Waals surface area contributed by atoms with E-state index in [1.165, 1.54) is 19.1 Å². The summed E-state index contributed by atoms with van der Waals surface area (Å²) in [5.41, 5.74) is 2.94. The van der Waals surface area contributed by atoms with Crippen molar-refractivity contribution in [2.45, 2.75) is 51.7 Å². The number of nitrogens with zero attached hydrogens (tertiary/aromatic N) is 2. The molecule has 0 spiro atoms. The number of hydrogen-bond acceptors (Lipinski definition) is 5. The van der Waals surface area contributed by atoms with Crippen LogP contribution in [0.25, 0.3) is 22.2 Å². The third-order valence-corrected chi connectivity index (χ3v) is 7.00. The summed E-state index contributed by atoms with van der Waals surface area (Å²) in [6.07, 6.45) is 4.12. The number of benzene rings is 1. The van der Waals surface area contributed by atoms with Gasteiger partial charge in [-0.2, -0.15) is 0 Å². The number of nitrogens with one attached hydrogen (secondary N) is 2. The zero-order valence-electron chi connectivity index (χ0n) is 20.5. The third-order valence-electron chi connectivity index (χ3n) is 7.00. The monoisotopic (exact) mass is 494 g/mol. The van der Waals surface area contributed by atoms with E-state index in [0.29, 0.717) is 77.6 Å². The molecule has 190 valence electrons. The van der Waals surface area contributed by atoms with Crippen molar-refractivity contribution in [2.24, 2.45) is 5.92 Å². The number of halogens is 1. The van der Waals surface area contributed by atoms with Crippen LogP contribution in [0.1, 0.15) is 48.7 Å². The Balaban J connectivity index is 1.39. The third kappa shape index (κ3) is 4.93. The number of ether oxygens (including phenoxy) is 1. The van der Waals surface area contributed by atoms with Crippen LogP contribution >= 0.6 is 0 Å². The van der Waals surface area contributed by atoms with E-state index in [2.05, 4.69) is 15.3 Å². The number of likely N-dealkylation sites (tertiary alicyclic amines) is 1. The molecular formula is C27H31FN4O4. The zero-order chi connectivity index (χ0) is 25.4. The molecular weight excluding hydrogens is 463 g/mol. The van der Waals surface area contributed by atoms with Crippen LogP contribution in [0.4, 0.5) is 4.39 Å². The Bertz CT molecular complexity index is 1290. The zero-order valence-corrected chi connectivity index (χ0v) is 20.5. The summed E-state index contributed by atoms with van der Waals surface area (Å²) in [5, 5.41) is 13.3. The van der Waals surface area contributed by atoms with Gasteiger partial charge in [-0.3, -0.25) is 14.6 Å². The van der Waals surface area contributed by atoms with Gasteiger partial charge >= 0.3 is 0 Å². The number of aromatic amines is 1. The first-order chi connectivity index (χ1) is 17.3. The first-order valence-electron chi connectivity index (χ1n) is 12.5. The number of amides is 2. The highest BCUT2D eigenvalue weighted by Crippen LogP contribution is 2.37. The molecule has 0 unspecified atom stereocenters. The normalized spacial score (nSPS) is 17.3. The van der Waals surface area contributed by atoms with Gasteiger partial charge in [-0.05, 0) is 69.7 Å². The number of piperidine rings is 1. The molecule has 3 aromatic rings. The predicted molar refractivity (Wildman–Crippen MR) is 133 cm³/mol. The van der Waals surface area contributed by atoms with Crippen LogP contribution < -0.4 is 10.1 Å². The van der Waals surface area contributed by atoms with Gasteiger partial charge in [-0.15, -0.1) is 0 Å². The largest absolute Gasteiger partial charge is 0.493 e. The highest BCUT2D eigenvalue weighted by atomic mass is 19.1. The predicted octanol–water partition coefficient (Wildman–Crippen LogP) is 3.57. The first-order valence-corrected chi connectivity index (χ1v) is 12.5. The molecule has 1 aliphatic carbocycles. The number of aliphatic hydroxyl groups is 1. The number of rotatable bonds is 7. The molecule has 1 saturated heterocycles. The molecule has 36 heavy (non-hydrogen) atoms. The van der Waals surface area contributed by atoms with Crippen molar-refractivity contribution in [3.05, 3.63) is 47.5 Å². The lowest BCUT2D eigenvalue weighted by Crippen LogP contribution is -2.48. The fourth-order valence-corrected chi connectivity index (χ4v) is 4.82. The minimum atomic E-state index is -1.02. The summed E-state index contributed by atoms with van der Waals surface area (Å²) < 4.78 is 20.2. The second-order valence-electron chi connectivity index (χ2n) is 9.85. The standard InChI is InChI=1S/C27H31FN4O4/c1-15-23(26(34)31-19-8-11-32(12-9-19)27(35)16(2)33)20-7-10-29-24(25(20)30-15)21-13-18(28)5-6-22(21)36-14-17-3-4-17/h5-7,10,13,16-17,19,30,33H,3-4,8-9,11-12,14H2,1-2H3,(H,31,34)/t16-/m0/s1. The van der Waals surface area contributed by atoms with Crippen molar-refractivity contribution in [2.75, 3.05) is 19.7 Å². The summed E-state index contributed by atoms with van der Waals surface area (Å²) in [7, 11) is 0. The molecule has 5 rings (SSSR count). The van der Waals surface area contributed by atoms with Crippen molar-refractivity contribution < 1.29 is 23.8 Å². The summed E-state index contributed by atoms with van der Waals surface area (Å²) in [5.74, 6) is 0.238. The molecule has 8 nitrogen and oxygen atoms in total. The molecule has 3 heterocycles. The molecule has 1 saturated carbocycles. The number of pyridine rings is 1. The number of H-pyrrole nitrogens is 1. The van der Waals surface area contributed by atoms with Crippen molar-refractivity contribution in [1.82, 2.24) is 20.2 Å². The Kier molecular flexibility index (Phi) is 6.66. The molecule has 2 fully saturated rings. The number of aryl methyl sites for hydroxylation is 1. The maximum atomic E-state index is 14.2. The van der Waals surface area contributed by atoms with Crippen LogP contribution in [-0.4, -0.2) is 63.6 Å². The SMILES string of the molecule is Cc1[nH]c2c(-c3cc(F)ccc3OCC3CC3)nccc2c1C(=O)NC1CCN(C(=O)[C@H](C)O)CC1. The van der Waals surface area contributed by atoms with Crippen molar-refractivity contribution in [1.29, 1.82) is 0 Å². The highest BCUT2D eigenvalue weighted by molar-refractivity contribution is 6.10. The van der Waals surface area contributed by atoms with Crippen LogP contribution in [-0.2, 0) is 4.79 Å². The molecule has 9 heteroatoms. The van der Waals surface area contributed by atoms with Gasteiger partial charge in [0.25, 0.3) is 11.8 Å². The van der Waals surface area contributed by atoms with E-state index in [9.17, 15) is 19.1 Å². The summed E-state index contributed by atoms with van der Waals surface area (Å²) in [6, 6.07) is 6.14. The van der Waals surface area contributed by atoms with Gasteiger partial charge in [0.15, 0.2) is 0 Å². The molecule has 2 aromatic heterocycles.